The molecule has 2 fully saturated rings. The zero-order valence-corrected chi connectivity index (χ0v) is 21.6. The number of amides is 2. The minimum atomic E-state index is -1.09. The summed E-state index contributed by atoms with van der Waals surface area (Å²) in [5.41, 5.74) is 9.09. The first-order valence-electron chi connectivity index (χ1n) is 13.2. The van der Waals surface area contributed by atoms with E-state index in [-0.39, 0.29) is 18.5 Å². The van der Waals surface area contributed by atoms with Crippen LogP contribution in [0.1, 0.15) is 43.2 Å². The van der Waals surface area contributed by atoms with Crippen molar-refractivity contribution in [3.8, 4) is 11.1 Å². The lowest BCUT2D eigenvalue weighted by atomic mass is 9.72. The summed E-state index contributed by atoms with van der Waals surface area (Å²) in [6.07, 6.45) is 3.27. The van der Waals surface area contributed by atoms with Crippen LogP contribution in [0, 0.1) is 12.8 Å². The second-order valence-corrected chi connectivity index (χ2v) is 10.5. The zero-order chi connectivity index (χ0) is 25.7. The van der Waals surface area contributed by atoms with Gasteiger partial charge in [0.2, 0.25) is 0 Å². The molecule has 4 rings (SSSR count). The number of benzene rings is 2. The molecule has 2 aliphatic heterocycles. The minimum absolute atomic E-state index is 0.0968. The van der Waals surface area contributed by atoms with Crippen LogP contribution in [0.3, 0.4) is 0 Å². The van der Waals surface area contributed by atoms with E-state index in [4.69, 9.17) is 10.5 Å². The number of nitrogens with zero attached hydrogens (tertiary/aromatic N) is 2. The molecule has 196 valence electrons. The maximum atomic E-state index is 13.3. The molecule has 2 aromatic carbocycles. The number of methoxy groups -OCH3 is 1. The van der Waals surface area contributed by atoms with Gasteiger partial charge < -0.3 is 30.5 Å². The number of urea groups is 1. The number of nitrogens with two attached hydrogens (primary N) is 1. The van der Waals surface area contributed by atoms with Gasteiger partial charge in [0.15, 0.2) is 0 Å². The van der Waals surface area contributed by atoms with E-state index >= 15 is 0 Å². The largest absolute Gasteiger partial charge is 0.390 e. The van der Waals surface area contributed by atoms with E-state index in [2.05, 4.69) is 37.3 Å². The van der Waals surface area contributed by atoms with E-state index in [1.54, 1.807) is 12.0 Å². The molecule has 36 heavy (non-hydrogen) atoms. The van der Waals surface area contributed by atoms with Gasteiger partial charge >= 0.3 is 6.03 Å². The molecule has 2 aromatic rings. The Balaban J connectivity index is 1.64. The molecule has 0 spiro atoms. The fourth-order valence-electron chi connectivity index (χ4n) is 5.83. The lowest BCUT2D eigenvalue weighted by molar-refractivity contribution is -0.0571. The van der Waals surface area contributed by atoms with Crippen LogP contribution in [0.4, 0.5) is 4.79 Å². The molecule has 2 aliphatic rings. The number of aliphatic hydroxyl groups excluding tert-OH is 1. The number of carbonyl (C=O) groups is 1. The Bertz CT molecular complexity index is 1020. The standard InChI is InChI=1S/C29H41N3O4/c1-21-9-7-10-22(17-21)24-12-3-4-13-25(24)29(35,14-5-6-16-36-2)23-11-8-15-31(18-23)28(34)32-19-26(30)27(33)20-32/h3-4,7,9-10,12-13,17,23,26-27,33,35H,5-6,8,11,14-16,18-20,30H2,1-2H3/t23-,26-,27+,29+/m1/s1. The van der Waals surface area contributed by atoms with Crippen LogP contribution in [-0.2, 0) is 10.3 Å². The van der Waals surface area contributed by atoms with Gasteiger partial charge in [-0.3, -0.25) is 0 Å². The summed E-state index contributed by atoms with van der Waals surface area (Å²) in [6, 6.07) is 16.0. The van der Waals surface area contributed by atoms with E-state index in [0.717, 1.165) is 42.4 Å². The number of hydrogen-bond donors (Lipinski definition) is 3. The molecule has 2 saturated heterocycles. The molecule has 0 saturated carbocycles. The van der Waals surface area contributed by atoms with Crippen molar-refractivity contribution in [2.24, 2.45) is 11.7 Å². The maximum absolute atomic E-state index is 13.3. The summed E-state index contributed by atoms with van der Waals surface area (Å²) in [6.45, 7) is 4.48. The number of carbonyl (C=O) groups excluding carboxylic acids is 1. The van der Waals surface area contributed by atoms with E-state index in [1.807, 2.05) is 23.1 Å². The molecule has 4 N–H and O–H groups in total. The predicted molar refractivity (Wildman–Crippen MR) is 141 cm³/mol. The summed E-state index contributed by atoms with van der Waals surface area (Å²) in [5, 5.41) is 22.6. The fraction of sp³-hybridized carbons (Fsp3) is 0.552. The summed E-state index contributed by atoms with van der Waals surface area (Å²) in [4.78, 5) is 16.8. The van der Waals surface area contributed by atoms with Gasteiger partial charge in [0.1, 0.15) is 0 Å². The number of hydrogen-bond acceptors (Lipinski definition) is 5. The number of piperidine rings is 1. The van der Waals surface area contributed by atoms with Crippen molar-refractivity contribution in [2.45, 2.75) is 56.8 Å². The van der Waals surface area contributed by atoms with Gasteiger partial charge in [-0.2, -0.15) is 0 Å². The molecule has 0 aromatic heterocycles. The van der Waals surface area contributed by atoms with Crippen LogP contribution in [0.5, 0.6) is 0 Å². The third-order valence-electron chi connectivity index (χ3n) is 7.85. The summed E-state index contributed by atoms with van der Waals surface area (Å²) in [7, 11) is 1.70. The van der Waals surface area contributed by atoms with Crippen LogP contribution in [0.25, 0.3) is 11.1 Å². The Morgan fingerprint density at radius 1 is 1.11 bits per heavy atom. The highest BCUT2D eigenvalue weighted by Gasteiger charge is 2.43. The van der Waals surface area contributed by atoms with Gasteiger partial charge in [-0.1, -0.05) is 54.1 Å². The van der Waals surface area contributed by atoms with E-state index < -0.39 is 17.7 Å². The van der Waals surface area contributed by atoms with Gasteiger partial charge in [0.05, 0.1) is 11.7 Å². The Morgan fingerprint density at radius 2 is 1.92 bits per heavy atom. The highest BCUT2D eigenvalue weighted by atomic mass is 16.5. The molecule has 2 heterocycles. The van der Waals surface area contributed by atoms with Crippen molar-refractivity contribution in [1.82, 2.24) is 9.80 Å². The number of likely N-dealkylation sites (tertiary alicyclic amines) is 2. The third kappa shape index (κ3) is 5.75. The van der Waals surface area contributed by atoms with Gasteiger partial charge in [0, 0.05) is 51.9 Å². The van der Waals surface area contributed by atoms with Gasteiger partial charge in [-0.05, 0) is 55.7 Å². The Hall–Kier alpha value is -2.45. The summed E-state index contributed by atoms with van der Waals surface area (Å²) in [5.74, 6) is -0.107. The normalized spacial score (nSPS) is 24.1. The number of aryl methyl sites for hydroxylation is 1. The first kappa shape index (κ1) is 26.6. The van der Waals surface area contributed by atoms with Gasteiger partial charge in [-0.15, -0.1) is 0 Å². The quantitative estimate of drug-likeness (QED) is 0.487. The molecular formula is C29H41N3O4. The SMILES string of the molecule is COCCCC[C@@](O)(c1ccccc1-c1cccc(C)c1)[C@@H]1CCCN(C(=O)N2C[C@@H](N)[C@@H](O)C2)C1. The van der Waals surface area contributed by atoms with Crippen LogP contribution in [0.15, 0.2) is 48.5 Å². The van der Waals surface area contributed by atoms with Crippen molar-refractivity contribution < 1.29 is 19.7 Å². The fourth-order valence-corrected chi connectivity index (χ4v) is 5.83. The van der Waals surface area contributed by atoms with Crippen molar-refractivity contribution >= 4 is 6.03 Å². The number of ether oxygens (including phenoxy) is 1. The van der Waals surface area contributed by atoms with Crippen molar-refractivity contribution in [3.05, 3.63) is 59.7 Å². The molecular weight excluding hydrogens is 454 g/mol. The average Bonchev–Trinajstić information content (AvgIpc) is 3.24. The van der Waals surface area contributed by atoms with Crippen molar-refractivity contribution in [1.29, 1.82) is 0 Å². The third-order valence-corrected chi connectivity index (χ3v) is 7.85. The van der Waals surface area contributed by atoms with Crippen LogP contribution in [0.2, 0.25) is 0 Å². The number of β-amino-alcohol motifs (C(OH)–C–C–N with tert-alkyl or cyclic N) is 1. The summed E-state index contributed by atoms with van der Waals surface area (Å²) < 4.78 is 5.27. The van der Waals surface area contributed by atoms with E-state index in [1.165, 1.54) is 5.56 Å². The molecule has 7 heteroatoms. The maximum Gasteiger partial charge on any atom is 0.320 e. The van der Waals surface area contributed by atoms with Gasteiger partial charge in [-0.25, -0.2) is 4.79 Å². The second-order valence-electron chi connectivity index (χ2n) is 10.5. The zero-order valence-electron chi connectivity index (χ0n) is 21.6. The van der Waals surface area contributed by atoms with Crippen molar-refractivity contribution in [3.63, 3.8) is 0 Å². The number of unbranched alkanes of at least 4 members (excludes halogenated alkanes) is 1. The van der Waals surface area contributed by atoms with Crippen LogP contribution >= 0.6 is 0 Å². The van der Waals surface area contributed by atoms with E-state index in [0.29, 0.717) is 32.7 Å². The molecule has 7 nitrogen and oxygen atoms in total. The lowest BCUT2D eigenvalue weighted by Crippen LogP contribution is -2.52. The molecule has 0 bridgehead atoms. The highest BCUT2D eigenvalue weighted by molar-refractivity contribution is 5.75. The molecule has 2 amide bonds. The van der Waals surface area contributed by atoms with Crippen LogP contribution < -0.4 is 5.73 Å². The van der Waals surface area contributed by atoms with Crippen molar-refractivity contribution in [2.75, 3.05) is 39.9 Å². The Kier molecular flexibility index (Phi) is 8.67. The van der Waals surface area contributed by atoms with Gasteiger partial charge in [0.25, 0.3) is 0 Å². The minimum Gasteiger partial charge on any atom is -0.390 e. The molecule has 4 atom stereocenters. The number of aliphatic hydroxyl groups is 2. The summed E-state index contributed by atoms with van der Waals surface area (Å²) >= 11 is 0. The molecule has 0 aliphatic carbocycles. The first-order valence-corrected chi connectivity index (χ1v) is 13.2. The second kappa shape index (κ2) is 11.7. The monoisotopic (exact) mass is 495 g/mol. The Morgan fingerprint density at radius 3 is 2.64 bits per heavy atom. The number of rotatable bonds is 8. The smallest absolute Gasteiger partial charge is 0.320 e. The van der Waals surface area contributed by atoms with Crippen LogP contribution in [-0.4, -0.2) is 78.1 Å². The first-order chi connectivity index (χ1) is 17.3. The Labute approximate surface area is 214 Å². The van der Waals surface area contributed by atoms with E-state index in [9.17, 15) is 15.0 Å². The molecule has 0 radical (unpaired) electrons. The topological polar surface area (TPSA) is 99.3 Å². The lowest BCUT2D eigenvalue weighted by Gasteiger charge is -2.44. The molecule has 0 unspecified atom stereocenters. The average molecular weight is 496 g/mol. The highest BCUT2D eigenvalue weighted by Crippen LogP contribution is 2.44. The predicted octanol–water partition coefficient (Wildman–Crippen LogP) is 3.50.